The number of ether oxygens (including phenoxy) is 2. The molecule has 2 aromatic heterocycles. The third-order valence-electron chi connectivity index (χ3n) is 4.55. The fourth-order valence-electron chi connectivity index (χ4n) is 3.16. The molecule has 7 heteroatoms. The SMILES string of the molecule is COc1ccc(CNc2ncnc3[nH]cc(-c4cccc(Cl)c4)c23)c(OC)c1. The van der Waals surface area contributed by atoms with Crippen LogP contribution in [0.1, 0.15) is 5.56 Å². The lowest BCUT2D eigenvalue weighted by Gasteiger charge is -2.12. The molecule has 0 saturated heterocycles. The van der Waals surface area contributed by atoms with E-state index in [9.17, 15) is 0 Å². The van der Waals surface area contributed by atoms with Gasteiger partial charge in [-0.25, -0.2) is 9.97 Å². The average Bonchev–Trinajstić information content (AvgIpc) is 3.17. The van der Waals surface area contributed by atoms with E-state index in [-0.39, 0.29) is 0 Å². The monoisotopic (exact) mass is 394 g/mol. The molecule has 142 valence electrons. The van der Waals surface area contributed by atoms with E-state index in [0.29, 0.717) is 11.6 Å². The fourth-order valence-corrected chi connectivity index (χ4v) is 3.35. The van der Waals surface area contributed by atoms with Crippen LogP contribution in [0, 0.1) is 0 Å². The Labute approximate surface area is 167 Å². The third-order valence-corrected chi connectivity index (χ3v) is 4.78. The number of nitrogens with one attached hydrogen (secondary N) is 2. The van der Waals surface area contributed by atoms with Gasteiger partial charge in [-0.3, -0.25) is 0 Å². The number of fused-ring (bicyclic) bond motifs is 1. The number of hydrogen-bond donors (Lipinski definition) is 2. The Balaban J connectivity index is 1.69. The van der Waals surface area contributed by atoms with Gasteiger partial charge in [-0.2, -0.15) is 0 Å². The predicted octanol–water partition coefficient (Wildman–Crippen LogP) is 4.91. The molecule has 0 fully saturated rings. The first-order valence-corrected chi connectivity index (χ1v) is 9.10. The molecule has 0 aliphatic rings. The first kappa shape index (κ1) is 18.1. The van der Waals surface area contributed by atoms with Crippen molar-refractivity contribution in [1.29, 1.82) is 0 Å². The topological polar surface area (TPSA) is 72.1 Å². The summed E-state index contributed by atoms with van der Waals surface area (Å²) in [6.45, 7) is 0.541. The Kier molecular flexibility index (Phi) is 5.04. The summed E-state index contributed by atoms with van der Waals surface area (Å²) in [5.74, 6) is 2.24. The number of halogens is 1. The Morgan fingerprint density at radius 1 is 1.07 bits per heavy atom. The van der Waals surface area contributed by atoms with Crippen LogP contribution < -0.4 is 14.8 Å². The second kappa shape index (κ2) is 7.78. The van der Waals surface area contributed by atoms with Gasteiger partial charge in [0.1, 0.15) is 29.3 Å². The Hall–Kier alpha value is -3.25. The molecule has 0 aliphatic carbocycles. The lowest BCUT2D eigenvalue weighted by atomic mass is 10.1. The number of hydrogen-bond acceptors (Lipinski definition) is 5. The zero-order valence-corrected chi connectivity index (χ0v) is 16.2. The molecule has 0 atom stereocenters. The van der Waals surface area contributed by atoms with Crippen LogP contribution in [-0.4, -0.2) is 29.2 Å². The predicted molar refractivity (Wildman–Crippen MR) is 111 cm³/mol. The van der Waals surface area contributed by atoms with E-state index in [0.717, 1.165) is 45.0 Å². The molecule has 0 saturated carbocycles. The molecule has 0 spiro atoms. The van der Waals surface area contributed by atoms with Crippen LogP contribution in [0.2, 0.25) is 5.02 Å². The van der Waals surface area contributed by atoms with Gasteiger partial charge in [0.05, 0.1) is 19.6 Å². The summed E-state index contributed by atoms with van der Waals surface area (Å²) in [6.07, 6.45) is 3.46. The lowest BCUT2D eigenvalue weighted by molar-refractivity contribution is 0.391. The summed E-state index contributed by atoms with van der Waals surface area (Å²) in [5.41, 5.74) is 3.74. The zero-order chi connectivity index (χ0) is 19.5. The van der Waals surface area contributed by atoms with Crippen molar-refractivity contribution in [3.8, 4) is 22.6 Å². The molecule has 0 aliphatic heterocycles. The highest BCUT2D eigenvalue weighted by Gasteiger charge is 2.14. The van der Waals surface area contributed by atoms with Gasteiger partial charge in [-0.05, 0) is 29.8 Å². The van der Waals surface area contributed by atoms with Crippen LogP contribution in [0.25, 0.3) is 22.2 Å². The van der Waals surface area contributed by atoms with Crippen LogP contribution in [-0.2, 0) is 6.54 Å². The zero-order valence-electron chi connectivity index (χ0n) is 15.5. The number of methoxy groups -OCH3 is 2. The minimum absolute atomic E-state index is 0.541. The molecule has 6 nitrogen and oxygen atoms in total. The van der Waals surface area contributed by atoms with Gasteiger partial charge in [-0.15, -0.1) is 0 Å². The van der Waals surface area contributed by atoms with Crippen molar-refractivity contribution in [2.24, 2.45) is 0 Å². The largest absolute Gasteiger partial charge is 0.497 e. The minimum Gasteiger partial charge on any atom is -0.497 e. The van der Waals surface area contributed by atoms with Gasteiger partial charge in [0.15, 0.2) is 0 Å². The molecular weight excluding hydrogens is 376 g/mol. The number of aromatic amines is 1. The summed E-state index contributed by atoms with van der Waals surface area (Å²) in [5, 5.41) is 5.00. The van der Waals surface area contributed by atoms with Crippen LogP contribution in [0.4, 0.5) is 5.82 Å². The average molecular weight is 395 g/mol. The van der Waals surface area contributed by atoms with Crippen molar-refractivity contribution in [3.05, 3.63) is 65.6 Å². The van der Waals surface area contributed by atoms with Crippen molar-refractivity contribution >= 4 is 28.5 Å². The van der Waals surface area contributed by atoms with E-state index >= 15 is 0 Å². The summed E-state index contributed by atoms with van der Waals surface area (Å²) < 4.78 is 10.7. The van der Waals surface area contributed by atoms with Gasteiger partial charge >= 0.3 is 0 Å². The number of benzene rings is 2. The molecule has 4 rings (SSSR count). The van der Waals surface area contributed by atoms with Gasteiger partial charge in [0.25, 0.3) is 0 Å². The second-order valence-corrected chi connectivity index (χ2v) is 6.63. The summed E-state index contributed by atoms with van der Waals surface area (Å²) in [7, 11) is 3.28. The number of H-pyrrole nitrogens is 1. The molecule has 0 amide bonds. The quantitative estimate of drug-likeness (QED) is 0.486. The summed E-state index contributed by atoms with van der Waals surface area (Å²) in [4.78, 5) is 12.0. The standard InChI is InChI=1S/C21H19ClN4O2/c1-27-16-7-6-14(18(9-16)28-2)10-23-20-19-17(11-24-21(19)26-12-25-20)13-4-3-5-15(22)8-13/h3-9,11-12H,10H2,1-2H3,(H2,23,24,25,26). The normalized spacial score (nSPS) is 10.8. The van der Waals surface area contributed by atoms with E-state index < -0.39 is 0 Å². The lowest BCUT2D eigenvalue weighted by Crippen LogP contribution is -2.04. The molecule has 28 heavy (non-hydrogen) atoms. The molecular formula is C21H19ClN4O2. The minimum atomic E-state index is 0.541. The van der Waals surface area contributed by atoms with Crippen molar-refractivity contribution < 1.29 is 9.47 Å². The van der Waals surface area contributed by atoms with E-state index in [1.807, 2.05) is 48.7 Å². The van der Waals surface area contributed by atoms with Crippen molar-refractivity contribution in [3.63, 3.8) is 0 Å². The molecule has 0 bridgehead atoms. The Morgan fingerprint density at radius 2 is 1.96 bits per heavy atom. The van der Waals surface area contributed by atoms with Crippen molar-refractivity contribution in [2.75, 3.05) is 19.5 Å². The van der Waals surface area contributed by atoms with Crippen LogP contribution >= 0.6 is 11.6 Å². The maximum atomic E-state index is 6.17. The molecule has 2 aromatic carbocycles. The first-order chi connectivity index (χ1) is 13.7. The van der Waals surface area contributed by atoms with Gasteiger partial charge in [-0.1, -0.05) is 23.7 Å². The van der Waals surface area contributed by atoms with E-state index in [2.05, 4.69) is 20.3 Å². The Morgan fingerprint density at radius 3 is 2.75 bits per heavy atom. The molecule has 4 aromatic rings. The maximum absolute atomic E-state index is 6.17. The van der Waals surface area contributed by atoms with E-state index in [1.54, 1.807) is 14.2 Å². The van der Waals surface area contributed by atoms with E-state index in [4.69, 9.17) is 21.1 Å². The Bertz CT molecular complexity index is 1130. The van der Waals surface area contributed by atoms with E-state index in [1.165, 1.54) is 6.33 Å². The first-order valence-electron chi connectivity index (χ1n) is 8.72. The van der Waals surface area contributed by atoms with Crippen LogP contribution in [0.15, 0.2) is 55.0 Å². The van der Waals surface area contributed by atoms with Crippen molar-refractivity contribution in [1.82, 2.24) is 15.0 Å². The highest BCUT2D eigenvalue weighted by Crippen LogP contribution is 2.33. The summed E-state index contributed by atoms with van der Waals surface area (Å²) in [6, 6.07) is 13.5. The van der Waals surface area contributed by atoms with Gasteiger partial charge in [0, 0.05) is 35.0 Å². The van der Waals surface area contributed by atoms with Crippen molar-refractivity contribution in [2.45, 2.75) is 6.54 Å². The number of rotatable bonds is 6. The second-order valence-electron chi connectivity index (χ2n) is 6.19. The smallest absolute Gasteiger partial charge is 0.143 e. The van der Waals surface area contributed by atoms with Gasteiger partial charge in [0.2, 0.25) is 0 Å². The highest BCUT2D eigenvalue weighted by molar-refractivity contribution is 6.31. The van der Waals surface area contributed by atoms with Crippen LogP contribution in [0.3, 0.4) is 0 Å². The molecule has 2 N–H and O–H groups in total. The number of nitrogens with zero attached hydrogens (tertiary/aromatic N) is 2. The molecule has 0 unspecified atom stereocenters. The molecule has 2 heterocycles. The maximum Gasteiger partial charge on any atom is 0.143 e. The van der Waals surface area contributed by atoms with Crippen LogP contribution in [0.5, 0.6) is 11.5 Å². The fraction of sp³-hybridized carbons (Fsp3) is 0.143. The van der Waals surface area contributed by atoms with Gasteiger partial charge < -0.3 is 19.8 Å². The third kappa shape index (κ3) is 3.46. The highest BCUT2D eigenvalue weighted by atomic mass is 35.5. The number of anilines is 1. The number of aromatic nitrogens is 3. The molecule has 0 radical (unpaired) electrons. The summed E-state index contributed by atoms with van der Waals surface area (Å²) >= 11 is 6.17.